The Morgan fingerprint density at radius 3 is 2.30 bits per heavy atom. The lowest BCUT2D eigenvalue weighted by atomic mass is 10.1. The van der Waals surface area contributed by atoms with Crippen LogP contribution in [0.5, 0.6) is 0 Å². The minimum atomic E-state index is -4.28. The van der Waals surface area contributed by atoms with Crippen molar-refractivity contribution < 1.29 is 29.0 Å². The highest BCUT2D eigenvalue weighted by molar-refractivity contribution is 7.51. The van der Waals surface area contributed by atoms with E-state index in [1.807, 2.05) is 0 Å². The lowest BCUT2D eigenvalue weighted by Gasteiger charge is -2.14. The SMILES string of the molecule is O=C(Cc1ccccc1)N[C@@H](CCP(=O)(O)O)C(=O)O. The molecule has 8 heteroatoms. The molecule has 0 aliphatic rings. The van der Waals surface area contributed by atoms with Crippen molar-refractivity contribution in [1.29, 1.82) is 0 Å². The molecule has 0 heterocycles. The number of amides is 1. The molecule has 0 spiro atoms. The molecular weight excluding hydrogens is 285 g/mol. The van der Waals surface area contributed by atoms with Gasteiger partial charge >= 0.3 is 13.6 Å². The van der Waals surface area contributed by atoms with Crippen LogP contribution in [-0.4, -0.2) is 39.0 Å². The van der Waals surface area contributed by atoms with Crippen LogP contribution in [0, 0.1) is 0 Å². The summed E-state index contributed by atoms with van der Waals surface area (Å²) in [6, 6.07) is 7.45. The molecule has 0 saturated carbocycles. The van der Waals surface area contributed by atoms with E-state index in [9.17, 15) is 14.2 Å². The maximum Gasteiger partial charge on any atom is 0.326 e. The number of carbonyl (C=O) groups is 2. The monoisotopic (exact) mass is 301 g/mol. The molecule has 0 unspecified atom stereocenters. The van der Waals surface area contributed by atoms with Gasteiger partial charge in [-0.3, -0.25) is 9.36 Å². The van der Waals surface area contributed by atoms with Gasteiger partial charge in [-0.05, 0) is 12.0 Å². The molecule has 0 aromatic heterocycles. The maximum absolute atomic E-state index is 11.7. The molecule has 0 aliphatic heterocycles. The normalized spacial score (nSPS) is 12.7. The number of hydrogen-bond acceptors (Lipinski definition) is 3. The van der Waals surface area contributed by atoms with Crippen molar-refractivity contribution >= 4 is 19.5 Å². The Morgan fingerprint density at radius 1 is 1.20 bits per heavy atom. The first-order chi connectivity index (χ1) is 9.28. The van der Waals surface area contributed by atoms with Crippen molar-refractivity contribution in [1.82, 2.24) is 5.32 Å². The van der Waals surface area contributed by atoms with E-state index in [0.717, 1.165) is 5.56 Å². The summed E-state index contributed by atoms with van der Waals surface area (Å²) >= 11 is 0. The highest BCUT2D eigenvalue weighted by Crippen LogP contribution is 2.35. The van der Waals surface area contributed by atoms with Crippen molar-refractivity contribution in [2.24, 2.45) is 0 Å². The van der Waals surface area contributed by atoms with Crippen molar-refractivity contribution in [2.45, 2.75) is 18.9 Å². The topological polar surface area (TPSA) is 124 Å². The third-order valence-corrected chi connectivity index (χ3v) is 3.39. The van der Waals surface area contributed by atoms with E-state index in [2.05, 4.69) is 5.32 Å². The number of aliphatic carboxylic acids is 1. The van der Waals surface area contributed by atoms with E-state index >= 15 is 0 Å². The van der Waals surface area contributed by atoms with Crippen LogP contribution in [0.15, 0.2) is 30.3 Å². The molecule has 1 atom stereocenters. The van der Waals surface area contributed by atoms with Crippen LogP contribution >= 0.6 is 7.60 Å². The molecule has 0 radical (unpaired) electrons. The molecule has 0 bridgehead atoms. The van der Waals surface area contributed by atoms with Crippen molar-refractivity contribution in [2.75, 3.05) is 6.16 Å². The molecule has 20 heavy (non-hydrogen) atoms. The van der Waals surface area contributed by atoms with Crippen LogP contribution in [0.4, 0.5) is 0 Å². The van der Waals surface area contributed by atoms with Gasteiger partial charge in [0, 0.05) is 0 Å². The number of carbonyl (C=O) groups excluding carboxylic acids is 1. The smallest absolute Gasteiger partial charge is 0.326 e. The minimum absolute atomic E-state index is 0.0144. The largest absolute Gasteiger partial charge is 0.480 e. The van der Waals surface area contributed by atoms with E-state index in [4.69, 9.17) is 14.9 Å². The van der Waals surface area contributed by atoms with Crippen molar-refractivity contribution in [3.8, 4) is 0 Å². The fraction of sp³-hybridized carbons (Fsp3) is 0.333. The zero-order valence-electron chi connectivity index (χ0n) is 10.6. The second-order valence-corrected chi connectivity index (χ2v) is 6.07. The van der Waals surface area contributed by atoms with Gasteiger partial charge in [-0.2, -0.15) is 0 Å². The standard InChI is InChI=1S/C12H16NO6P/c14-11(8-9-4-2-1-3-5-9)13-10(12(15)16)6-7-20(17,18)19/h1-5,10H,6-8H2,(H,13,14)(H,15,16)(H2,17,18,19)/t10-/m0/s1. The first kappa shape index (κ1) is 16.4. The summed E-state index contributed by atoms with van der Waals surface area (Å²) in [5.41, 5.74) is 0.726. The molecule has 4 N–H and O–H groups in total. The lowest BCUT2D eigenvalue weighted by molar-refractivity contribution is -0.141. The van der Waals surface area contributed by atoms with Crippen molar-refractivity contribution in [3.63, 3.8) is 0 Å². The van der Waals surface area contributed by atoms with E-state index in [0.29, 0.717) is 0 Å². The summed E-state index contributed by atoms with van der Waals surface area (Å²) in [6.45, 7) is 0. The Morgan fingerprint density at radius 2 is 1.80 bits per heavy atom. The average molecular weight is 301 g/mol. The molecule has 0 fully saturated rings. The fourth-order valence-corrected chi connectivity index (χ4v) is 2.18. The van der Waals surface area contributed by atoms with Gasteiger partial charge in [-0.15, -0.1) is 0 Å². The third kappa shape index (κ3) is 6.47. The van der Waals surface area contributed by atoms with Crippen LogP contribution in [0.25, 0.3) is 0 Å². The van der Waals surface area contributed by atoms with E-state index in [1.165, 1.54) is 0 Å². The molecule has 7 nitrogen and oxygen atoms in total. The summed E-state index contributed by atoms with van der Waals surface area (Å²) in [4.78, 5) is 40.1. The predicted octanol–water partition coefficient (Wildman–Crippen LogP) is 0.366. The molecule has 110 valence electrons. The Kier molecular flexibility index (Phi) is 5.88. The van der Waals surface area contributed by atoms with Gasteiger partial charge in [0.05, 0.1) is 12.6 Å². The zero-order valence-corrected chi connectivity index (χ0v) is 11.5. The summed E-state index contributed by atoms with van der Waals surface area (Å²) in [5.74, 6) is -1.82. The second-order valence-electron chi connectivity index (χ2n) is 4.30. The first-order valence-electron chi connectivity index (χ1n) is 5.88. The number of carboxylic acids is 1. The molecule has 1 aromatic carbocycles. The van der Waals surface area contributed by atoms with Gasteiger partial charge in [-0.25, -0.2) is 4.79 Å². The Hall–Kier alpha value is -1.69. The van der Waals surface area contributed by atoms with E-state index in [-0.39, 0.29) is 12.8 Å². The second kappa shape index (κ2) is 7.19. The van der Waals surface area contributed by atoms with Crippen molar-refractivity contribution in [3.05, 3.63) is 35.9 Å². The number of rotatable bonds is 7. The predicted molar refractivity (Wildman–Crippen MR) is 71.2 cm³/mol. The third-order valence-electron chi connectivity index (χ3n) is 2.55. The van der Waals surface area contributed by atoms with Crippen LogP contribution in [0.1, 0.15) is 12.0 Å². The Bertz CT molecular complexity index is 512. The van der Waals surface area contributed by atoms with Gasteiger partial charge in [0.15, 0.2) is 0 Å². The van der Waals surface area contributed by atoms with Gasteiger partial charge in [0.25, 0.3) is 0 Å². The zero-order chi connectivity index (χ0) is 15.2. The van der Waals surface area contributed by atoms with Gasteiger partial charge < -0.3 is 20.2 Å². The summed E-state index contributed by atoms with van der Waals surface area (Å²) in [7, 11) is -4.28. The molecule has 1 aromatic rings. The Balaban J connectivity index is 2.55. The highest BCUT2D eigenvalue weighted by Gasteiger charge is 2.24. The number of hydrogen-bond donors (Lipinski definition) is 4. The van der Waals surface area contributed by atoms with Gasteiger partial charge in [-0.1, -0.05) is 30.3 Å². The highest BCUT2D eigenvalue weighted by atomic mass is 31.2. The number of benzene rings is 1. The summed E-state index contributed by atoms with van der Waals surface area (Å²) < 4.78 is 10.7. The van der Waals surface area contributed by atoms with Crippen LogP contribution in [-0.2, 0) is 20.6 Å². The average Bonchev–Trinajstić information content (AvgIpc) is 2.34. The van der Waals surface area contributed by atoms with E-state index < -0.39 is 31.7 Å². The van der Waals surface area contributed by atoms with Gasteiger partial charge in [0.1, 0.15) is 6.04 Å². The minimum Gasteiger partial charge on any atom is -0.480 e. The molecule has 1 rings (SSSR count). The van der Waals surface area contributed by atoms with Gasteiger partial charge in [0.2, 0.25) is 5.91 Å². The first-order valence-corrected chi connectivity index (χ1v) is 7.68. The van der Waals surface area contributed by atoms with E-state index in [1.54, 1.807) is 30.3 Å². The lowest BCUT2D eigenvalue weighted by Crippen LogP contribution is -2.42. The quantitative estimate of drug-likeness (QED) is 0.539. The summed E-state index contributed by atoms with van der Waals surface area (Å²) in [6.07, 6.45) is -0.893. The molecule has 0 saturated heterocycles. The Labute approximate surface area is 115 Å². The molecule has 0 aliphatic carbocycles. The number of carboxylic acid groups (broad SMARTS) is 1. The summed E-state index contributed by atoms with van der Waals surface area (Å²) in [5, 5.41) is 11.2. The fourth-order valence-electron chi connectivity index (χ4n) is 1.58. The molecule has 1 amide bonds. The number of nitrogens with one attached hydrogen (secondary N) is 1. The van der Waals surface area contributed by atoms with Crippen LogP contribution in [0.3, 0.4) is 0 Å². The maximum atomic E-state index is 11.7. The van der Waals surface area contributed by atoms with Crippen LogP contribution < -0.4 is 5.32 Å². The molecular formula is C12H16NO6P. The van der Waals surface area contributed by atoms with Crippen LogP contribution in [0.2, 0.25) is 0 Å².